The number of rotatable bonds is 2. The number of nitriles is 1. The van der Waals surface area contributed by atoms with Gasteiger partial charge < -0.3 is 4.74 Å². The zero-order valence-corrected chi connectivity index (χ0v) is 7.30. The van der Waals surface area contributed by atoms with Crippen LogP contribution in [0.5, 0.6) is 5.75 Å². The Morgan fingerprint density at radius 3 is 3.08 bits per heavy atom. The lowest BCUT2D eigenvalue weighted by molar-refractivity contribution is 0.410. The van der Waals surface area contributed by atoms with Crippen LogP contribution in [0.1, 0.15) is 5.56 Å². The molecule has 0 aromatic carbocycles. The van der Waals surface area contributed by atoms with E-state index in [4.69, 9.17) is 21.6 Å². The minimum Gasteiger partial charge on any atom is -0.496 e. The molecule has 0 fully saturated rings. The summed E-state index contributed by atoms with van der Waals surface area (Å²) in [5.41, 5.74) is 0.754. The monoisotopic (exact) mass is 182 g/mol. The van der Waals surface area contributed by atoms with Gasteiger partial charge in [-0.1, -0.05) is 11.6 Å². The molecule has 12 heavy (non-hydrogen) atoms. The van der Waals surface area contributed by atoms with E-state index in [1.165, 1.54) is 7.11 Å². The molecule has 62 valence electrons. The average Bonchev–Trinajstić information content (AvgIpc) is 2.08. The first-order valence-electron chi connectivity index (χ1n) is 3.33. The number of nitrogens with zero attached hydrogens (tertiary/aromatic N) is 2. The Morgan fingerprint density at radius 1 is 1.75 bits per heavy atom. The normalized spacial score (nSPS) is 9.08. The minimum absolute atomic E-state index is 0.285. The maximum absolute atomic E-state index is 8.44. The molecule has 0 N–H and O–H groups in total. The predicted octanol–water partition coefficient (Wildman–Crippen LogP) is 1.81. The smallest absolute Gasteiger partial charge is 0.132 e. The summed E-state index contributed by atoms with van der Waals surface area (Å²) in [6.07, 6.45) is 1.83. The molecule has 0 saturated heterocycles. The maximum Gasteiger partial charge on any atom is 0.132 e. The second-order valence-electron chi connectivity index (χ2n) is 2.15. The standard InChI is InChI=1S/C8H7ClN2O/c1-12-7-4-8(9)11-5-6(7)2-3-10/h4-5H,2H2,1H3. The van der Waals surface area contributed by atoms with Gasteiger partial charge in [0.1, 0.15) is 10.9 Å². The largest absolute Gasteiger partial charge is 0.496 e. The number of methoxy groups -OCH3 is 1. The Hall–Kier alpha value is -1.27. The fourth-order valence-corrected chi connectivity index (χ4v) is 0.997. The van der Waals surface area contributed by atoms with Crippen molar-refractivity contribution < 1.29 is 4.74 Å². The highest BCUT2D eigenvalue weighted by Gasteiger charge is 2.03. The summed E-state index contributed by atoms with van der Waals surface area (Å²) >= 11 is 5.62. The molecule has 1 aromatic heterocycles. The molecule has 0 aliphatic heterocycles. The van der Waals surface area contributed by atoms with E-state index in [0.717, 1.165) is 5.56 Å². The Balaban J connectivity index is 3.04. The van der Waals surface area contributed by atoms with Crippen molar-refractivity contribution in [3.63, 3.8) is 0 Å². The van der Waals surface area contributed by atoms with Crippen molar-refractivity contribution in [1.82, 2.24) is 4.98 Å². The molecule has 1 heterocycles. The van der Waals surface area contributed by atoms with Gasteiger partial charge in [-0.25, -0.2) is 4.98 Å². The van der Waals surface area contributed by atoms with Crippen molar-refractivity contribution in [1.29, 1.82) is 5.26 Å². The minimum atomic E-state index is 0.285. The van der Waals surface area contributed by atoms with Crippen molar-refractivity contribution in [2.24, 2.45) is 0 Å². The molecule has 0 atom stereocenters. The fourth-order valence-electron chi connectivity index (χ4n) is 0.849. The van der Waals surface area contributed by atoms with Crippen LogP contribution in [0.3, 0.4) is 0 Å². The molecule has 0 spiro atoms. The van der Waals surface area contributed by atoms with E-state index in [0.29, 0.717) is 10.9 Å². The fraction of sp³-hybridized carbons (Fsp3) is 0.250. The number of aromatic nitrogens is 1. The van der Waals surface area contributed by atoms with Gasteiger partial charge in [0, 0.05) is 17.8 Å². The van der Waals surface area contributed by atoms with E-state index in [-0.39, 0.29) is 6.42 Å². The van der Waals surface area contributed by atoms with Gasteiger partial charge in [0.05, 0.1) is 19.6 Å². The zero-order valence-electron chi connectivity index (χ0n) is 6.54. The Kier molecular flexibility index (Phi) is 2.89. The number of hydrogen-bond acceptors (Lipinski definition) is 3. The summed E-state index contributed by atoms with van der Waals surface area (Å²) in [6.45, 7) is 0. The van der Waals surface area contributed by atoms with E-state index in [1.54, 1.807) is 12.3 Å². The summed E-state index contributed by atoms with van der Waals surface area (Å²) in [7, 11) is 1.53. The van der Waals surface area contributed by atoms with Crippen LogP contribution in [-0.2, 0) is 6.42 Å². The highest BCUT2D eigenvalue weighted by molar-refractivity contribution is 6.29. The molecule has 0 aliphatic carbocycles. The van der Waals surface area contributed by atoms with E-state index >= 15 is 0 Å². The lowest BCUT2D eigenvalue weighted by Gasteiger charge is -2.03. The van der Waals surface area contributed by atoms with Crippen LogP contribution in [0.4, 0.5) is 0 Å². The molecule has 0 bridgehead atoms. The molecule has 1 aromatic rings. The number of pyridine rings is 1. The van der Waals surface area contributed by atoms with Gasteiger partial charge in [-0.3, -0.25) is 0 Å². The first kappa shape index (κ1) is 8.82. The van der Waals surface area contributed by atoms with Gasteiger partial charge >= 0.3 is 0 Å². The molecule has 3 nitrogen and oxygen atoms in total. The van der Waals surface area contributed by atoms with Crippen molar-refractivity contribution in [3.05, 3.63) is 23.0 Å². The van der Waals surface area contributed by atoms with Gasteiger partial charge in [-0.15, -0.1) is 0 Å². The van der Waals surface area contributed by atoms with Crippen LogP contribution < -0.4 is 4.74 Å². The second kappa shape index (κ2) is 3.93. The van der Waals surface area contributed by atoms with E-state index < -0.39 is 0 Å². The van der Waals surface area contributed by atoms with Gasteiger partial charge in [-0.05, 0) is 0 Å². The van der Waals surface area contributed by atoms with E-state index in [2.05, 4.69) is 4.98 Å². The third-order valence-corrected chi connectivity index (χ3v) is 1.61. The highest BCUT2D eigenvalue weighted by Crippen LogP contribution is 2.20. The van der Waals surface area contributed by atoms with Crippen LogP contribution in [0.2, 0.25) is 5.15 Å². The molecule has 4 heteroatoms. The van der Waals surface area contributed by atoms with Gasteiger partial charge in [-0.2, -0.15) is 5.26 Å². The van der Waals surface area contributed by atoms with Crippen LogP contribution in [-0.4, -0.2) is 12.1 Å². The maximum atomic E-state index is 8.44. The first-order chi connectivity index (χ1) is 5.77. The highest BCUT2D eigenvalue weighted by atomic mass is 35.5. The SMILES string of the molecule is COc1cc(Cl)ncc1CC#N. The lowest BCUT2D eigenvalue weighted by Crippen LogP contribution is -1.92. The Labute approximate surface area is 75.6 Å². The predicted molar refractivity (Wildman–Crippen MR) is 45.1 cm³/mol. The summed E-state index contributed by atoms with van der Waals surface area (Å²) in [4.78, 5) is 3.84. The molecule has 0 aliphatic rings. The Morgan fingerprint density at radius 2 is 2.50 bits per heavy atom. The molecule has 1 rings (SSSR count). The second-order valence-corrected chi connectivity index (χ2v) is 2.54. The lowest BCUT2D eigenvalue weighted by atomic mass is 10.2. The van der Waals surface area contributed by atoms with Crippen LogP contribution in [0, 0.1) is 11.3 Å². The number of halogens is 1. The molecule has 0 amide bonds. The van der Waals surface area contributed by atoms with E-state index in [1.807, 2.05) is 6.07 Å². The van der Waals surface area contributed by atoms with Gasteiger partial charge in [0.25, 0.3) is 0 Å². The molecular formula is C8H7ClN2O. The molecule has 0 unspecified atom stereocenters. The summed E-state index contributed by atoms with van der Waals surface area (Å²) in [6, 6.07) is 3.61. The van der Waals surface area contributed by atoms with Crippen molar-refractivity contribution in [2.75, 3.05) is 7.11 Å². The number of hydrogen-bond donors (Lipinski definition) is 0. The number of ether oxygens (including phenoxy) is 1. The van der Waals surface area contributed by atoms with Crippen LogP contribution in [0.15, 0.2) is 12.3 Å². The van der Waals surface area contributed by atoms with Crippen LogP contribution in [0.25, 0.3) is 0 Å². The quantitative estimate of drug-likeness (QED) is 0.656. The van der Waals surface area contributed by atoms with Crippen molar-refractivity contribution in [2.45, 2.75) is 6.42 Å². The zero-order chi connectivity index (χ0) is 8.97. The summed E-state index contributed by atoms with van der Waals surface area (Å²) in [5, 5.41) is 8.81. The first-order valence-corrected chi connectivity index (χ1v) is 3.71. The topological polar surface area (TPSA) is 45.9 Å². The van der Waals surface area contributed by atoms with E-state index in [9.17, 15) is 0 Å². The molecular weight excluding hydrogens is 176 g/mol. The average molecular weight is 183 g/mol. The van der Waals surface area contributed by atoms with Crippen molar-refractivity contribution in [3.8, 4) is 11.8 Å². The van der Waals surface area contributed by atoms with Gasteiger partial charge in [0.2, 0.25) is 0 Å². The summed E-state index contributed by atoms with van der Waals surface area (Å²) in [5.74, 6) is 0.608. The third kappa shape index (κ3) is 1.86. The third-order valence-electron chi connectivity index (χ3n) is 1.40. The Bertz CT molecular complexity index is 319. The van der Waals surface area contributed by atoms with Gasteiger partial charge in [0.15, 0.2) is 0 Å². The molecule has 0 radical (unpaired) electrons. The van der Waals surface area contributed by atoms with Crippen LogP contribution >= 0.6 is 11.6 Å². The van der Waals surface area contributed by atoms with Crippen molar-refractivity contribution >= 4 is 11.6 Å². The molecule has 0 saturated carbocycles. The summed E-state index contributed by atoms with van der Waals surface area (Å²) < 4.78 is 5.00.